The molecule has 0 bridgehead atoms. The molecular formula is C14H22N2O2. The van der Waals surface area contributed by atoms with Crippen LogP contribution in [0.4, 0.5) is 5.69 Å². The molecule has 0 saturated heterocycles. The fourth-order valence-corrected chi connectivity index (χ4v) is 1.89. The van der Waals surface area contributed by atoms with Gasteiger partial charge in [-0.25, -0.2) is 0 Å². The largest absolute Gasteiger partial charge is 0.388 e. The van der Waals surface area contributed by atoms with Crippen molar-refractivity contribution in [3.8, 4) is 0 Å². The zero-order valence-corrected chi connectivity index (χ0v) is 11.3. The summed E-state index contributed by atoms with van der Waals surface area (Å²) in [6, 6.07) is 7.30. The topological polar surface area (TPSA) is 61.4 Å². The van der Waals surface area contributed by atoms with Crippen LogP contribution in [0.15, 0.2) is 24.3 Å². The molecule has 1 unspecified atom stereocenters. The molecule has 0 spiro atoms. The Hall–Kier alpha value is -1.55. The van der Waals surface area contributed by atoms with E-state index in [1.807, 2.05) is 25.1 Å². The number of hydrogen-bond acceptors (Lipinski definition) is 3. The highest BCUT2D eigenvalue weighted by atomic mass is 16.3. The Morgan fingerprint density at radius 3 is 2.67 bits per heavy atom. The van der Waals surface area contributed by atoms with Crippen molar-refractivity contribution in [1.82, 2.24) is 5.32 Å². The van der Waals surface area contributed by atoms with Gasteiger partial charge in [-0.2, -0.15) is 0 Å². The molecule has 18 heavy (non-hydrogen) atoms. The van der Waals surface area contributed by atoms with Gasteiger partial charge in [0, 0.05) is 19.3 Å². The molecule has 1 amide bonds. The first-order chi connectivity index (χ1) is 8.50. The van der Waals surface area contributed by atoms with Crippen molar-refractivity contribution in [2.45, 2.75) is 32.3 Å². The van der Waals surface area contributed by atoms with Gasteiger partial charge in [0.2, 0.25) is 0 Å². The van der Waals surface area contributed by atoms with Crippen molar-refractivity contribution >= 4 is 11.6 Å². The van der Waals surface area contributed by atoms with Crippen molar-refractivity contribution in [2.75, 3.05) is 18.9 Å². The lowest BCUT2D eigenvalue weighted by atomic mass is 10.0. The average molecular weight is 250 g/mol. The summed E-state index contributed by atoms with van der Waals surface area (Å²) < 4.78 is 0. The molecule has 4 nitrogen and oxygen atoms in total. The van der Waals surface area contributed by atoms with E-state index in [2.05, 4.69) is 10.6 Å². The molecule has 0 heterocycles. The minimum Gasteiger partial charge on any atom is -0.388 e. The van der Waals surface area contributed by atoms with Gasteiger partial charge in [0.25, 0.3) is 5.91 Å². The van der Waals surface area contributed by atoms with E-state index >= 15 is 0 Å². The maximum Gasteiger partial charge on any atom is 0.253 e. The molecule has 0 aliphatic carbocycles. The third-order valence-corrected chi connectivity index (χ3v) is 2.86. The lowest BCUT2D eigenvalue weighted by Crippen LogP contribution is -2.40. The van der Waals surface area contributed by atoms with Gasteiger partial charge >= 0.3 is 0 Å². The van der Waals surface area contributed by atoms with Gasteiger partial charge in [0.15, 0.2) is 0 Å². The van der Waals surface area contributed by atoms with Gasteiger partial charge in [-0.05, 0) is 25.5 Å². The van der Waals surface area contributed by atoms with Crippen LogP contribution in [-0.2, 0) is 0 Å². The molecule has 0 radical (unpaired) electrons. The van der Waals surface area contributed by atoms with Gasteiger partial charge in [0.05, 0.1) is 11.2 Å². The summed E-state index contributed by atoms with van der Waals surface area (Å²) in [4.78, 5) is 12.0. The molecule has 1 aromatic rings. The van der Waals surface area contributed by atoms with Crippen molar-refractivity contribution in [1.29, 1.82) is 0 Å². The van der Waals surface area contributed by atoms with Crippen LogP contribution >= 0.6 is 0 Å². The number of hydrogen-bond donors (Lipinski definition) is 3. The van der Waals surface area contributed by atoms with Gasteiger partial charge in [-0.15, -0.1) is 0 Å². The van der Waals surface area contributed by atoms with Crippen molar-refractivity contribution in [3.63, 3.8) is 0 Å². The third kappa shape index (κ3) is 4.04. The number of benzene rings is 1. The second-order valence-corrected chi connectivity index (χ2v) is 4.73. The van der Waals surface area contributed by atoms with Crippen molar-refractivity contribution in [2.24, 2.45) is 0 Å². The van der Waals surface area contributed by atoms with E-state index in [0.717, 1.165) is 12.1 Å². The first-order valence-electron chi connectivity index (χ1n) is 6.27. The fraction of sp³-hybridized carbons (Fsp3) is 0.500. The Balaban J connectivity index is 2.66. The number of para-hydroxylation sites is 1. The van der Waals surface area contributed by atoms with E-state index in [4.69, 9.17) is 0 Å². The SMILES string of the molecule is CCCC(C)(O)CNC(=O)c1ccccc1NC. The molecule has 1 atom stereocenters. The predicted octanol–water partition coefficient (Wildman–Crippen LogP) is 2.01. The van der Waals surface area contributed by atoms with Gasteiger partial charge in [0.1, 0.15) is 0 Å². The van der Waals surface area contributed by atoms with E-state index in [0.29, 0.717) is 12.0 Å². The zero-order chi connectivity index (χ0) is 13.6. The second kappa shape index (κ2) is 6.40. The van der Waals surface area contributed by atoms with E-state index in [9.17, 15) is 9.90 Å². The highest BCUT2D eigenvalue weighted by Crippen LogP contribution is 2.15. The minimum atomic E-state index is -0.848. The number of carbonyl (C=O) groups is 1. The van der Waals surface area contributed by atoms with Gasteiger partial charge < -0.3 is 15.7 Å². The Kier molecular flexibility index (Phi) is 5.16. The highest BCUT2D eigenvalue weighted by Gasteiger charge is 2.20. The van der Waals surface area contributed by atoms with Crippen LogP contribution in [-0.4, -0.2) is 30.2 Å². The molecule has 0 saturated carbocycles. The molecule has 0 aromatic heterocycles. The van der Waals surface area contributed by atoms with Crippen LogP contribution in [0.25, 0.3) is 0 Å². The maximum absolute atomic E-state index is 12.0. The number of aliphatic hydroxyl groups is 1. The highest BCUT2D eigenvalue weighted by molar-refractivity contribution is 5.99. The molecule has 0 aliphatic heterocycles. The van der Waals surface area contributed by atoms with Crippen LogP contribution in [0.1, 0.15) is 37.0 Å². The number of anilines is 1. The molecule has 100 valence electrons. The van der Waals surface area contributed by atoms with E-state index < -0.39 is 5.60 Å². The Morgan fingerprint density at radius 1 is 1.39 bits per heavy atom. The molecule has 1 aromatic carbocycles. The van der Waals surface area contributed by atoms with E-state index in [1.54, 1.807) is 20.0 Å². The molecule has 3 N–H and O–H groups in total. The lowest BCUT2D eigenvalue weighted by molar-refractivity contribution is 0.0470. The molecule has 1 rings (SSSR count). The second-order valence-electron chi connectivity index (χ2n) is 4.73. The summed E-state index contributed by atoms with van der Waals surface area (Å²) in [7, 11) is 1.78. The van der Waals surface area contributed by atoms with Crippen LogP contribution in [0.3, 0.4) is 0 Å². The number of carbonyl (C=O) groups excluding carboxylic acids is 1. The maximum atomic E-state index is 12.0. The Bertz CT molecular complexity index is 403. The Morgan fingerprint density at radius 2 is 2.06 bits per heavy atom. The predicted molar refractivity (Wildman–Crippen MR) is 73.9 cm³/mol. The standard InChI is InChI=1S/C14H22N2O2/c1-4-9-14(2,18)10-16-13(17)11-7-5-6-8-12(11)15-3/h5-8,15,18H,4,9-10H2,1-3H3,(H,16,17). The molecule has 0 aliphatic rings. The smallest absolute Gasteiger partial charge is 0.253 e. The summed E-state index contributed by atoms with van der Waals surface area (Å²) in [6.45, 7) is 4.01. The zero-order valence-electron chi connectivity index (χ0n) is 11.3. The fourth-order valence-electron chi connectivity index (χ4n) is 1.89. The van der Waals surface area contributed by atoms with Crippen LogP contribution in [0.2, 0.25) is 0 Å². The quantitative estimate of drug-likeness (QED) is 0.723. The van der Waals surface area contributed by atoms with Crippen LogP contribution < -0.4 is 10.6 Å². The summed E-state index contributed by atoms with van der Waals surface area (Å²) in [6.07, 6.45) is 1.55. The summed E-state index contributed by atoms with van der Waals surface area (Å²) in [5, 5.41) is 15.8. The van der Waals surface area contributed by atoms with Gasteiger partial charge in [-0.3, -0.25) is 4.79 Å². The van der Waals surface area contributed by atoms with Crippen molar-refractivity contribution in [3.05, 3.63) is 29.8 Å². The normalized spacial score (nSPS) is 13.8. The third-order valence-electron chi connectivity index (χ3n) is 2.86. The first-order valence-corrected chi connectivity index (χ1v) is 6.27. The minimum absolute atomic E-state index is 0.170. The number of rotatable bonds is 6. The lowest BCUT2D eigenvalue weighted by Gasteiger charge is -2.23. The molecular weight excluding hydrogens is 228 g/mol. The van der Waals surface area contributed by atoms with Gasteiger partial charge in [-0.1, -0.05) is 25.5 Å². The Labute approximate surface area is 108 Å². The van der Waals surface area contributed by atoms with E-state index in [-0.39, 0.29) is 12.5 Å². The van der Waals surface area contributed by atoms with Crippen LogP contribution in [0, 0.1) is 0 Å². The van der Waals surface area contributed by atoms with Crippen LogP contribution in [0.5, 0.6) is 0 Å². The van der Waals surface area contributed by atoms with Crippen molar-refractivity contribution < 1.29 is 9.90 Å². The first kappa shape index (κ1) is 14.5. The summed E-state index contributed by atoms with van der Waals surface area (Å²) in [5.74, 6) is -0.170. The summed E-state index contributed by atoms with van der Waals surface area (Å²) in [5.41, 5.74) is 0.524. The number of nitrogens with one attached hydrogen (secondary N) is 2. The monoisotopic (exact) mass is 250 g/mol. The average Bonchev–Trinajstić information content (AvgIpc) is 2.36. The van der Waals surface area contributed by atoms with E-state index in [1.165, 1.54) is 0 Å². The summed E-state index contributed by atoms with van der Waals surface area (Å²) >= 11 is 0. The molecule has 4 heteroatoms. The molecule has 0 fully saturated rings. The number of amides is 1.